The predicted octanol–water partition coefficient (Wildman–Crippen LogP) is 3.21. The minimum atomic E-state index is -1.08. The summed E-state index contributed by atoms with van der Waals surface area (Å²) < 4.78 is 43.5. The molecule has 0 spiro atoms. The molecule has 0 aliphatic carbocycles. The molecule has 0 atom stereocenters. The second kappa shape index (κ2) is 9.06. The molecule has 0 bridgehead atoms. The van der Waals surface area contributed by atoms with Gasteiger partial charge in [-0.3, -0.25) is 4.79 Å². The molecule has 1 aliphatic rings. The number of anilines is 1. The zero-order valence-corrected chi connectivity index (χ0v) is 18.3. The number of aromatic nitrogens is 4. The molecule has 1 fully saturated rings. The maximum Gasteiger partial charge on any atom is 0.251 e. The largest absolute Gasteiger partial charge is 0.491 e. The number of rotatable bonds is 5. The molecular formula is C24H21F2N5O3. The highest BCUT2D eigenvalue weighted by Gasteiger charge is 2.23. The summed E-state index contributed by atoms with van der Waals surface area (Å²) in [6.07, 6.45) is 2.77. The second-order valence-corrected chi connectivity index (χ2v) is 7.61. The molecule has 174 valence electrons. The van der Waals surface area contributed by atoms with Crippen LogP contribution in [0.3, 0.4) is 0 Å². The zero-order chi connectivity index (χ0) is 23.7. The summed E-state index contributed by atoms with van der Waals surface area (Å²) in [5.74, 6) is -2.14. The lowest BCUT2D eigenvalue weighted by Gasteiger charge is -2.29. The first-order valence-electron chi connectivity index (χ1n) is 10.7. The van der Waals surface area contributed by atoms with Crippen molar-refractivity contribution in [3.8, 4) is 28.5 Å². The molecule has 2 aromatic carbocycles. The van der Waals surface area contributed by atoms with Gasteiger partial charge in [-0.25, -0.2) is 18.1 Å². The van der Waals surface area contributed by atoms with Crippen LogP contribution in [0.2, 0.25) is 0 Å². The Hall–Kier alpha value is -4.05. The molecule has 0 saturated carbocycles. The third-order valence-electron chi connectivity index (χ3n) is 5.63. The quantitative estimate of drug-likeness (QED) is 0.451. The molecule has 10 heteroatoms. The van der Waals surface area contributed by atoms with E-state index in [1.54, 1.807) is 15.6 Å². The van der Waals surface area contributed by atoms with Gasteiger partial charge < -0.3 is 14.4 Å². The Kier molecular flexibility index (Phi) is 5.81. The first-order chi connectivity index (χ1) is 16.6. The van der Waals surface area contributed by atoms with Crippen LogP contribution in [0.1, 0.15) is 0 Å². The van der Waals surface area contributed by atoms with Crippen molar-refractivity contribution in [3.63, 3.8) is 0 Å². The lowest BCUT2D eigenvalue weighted by atomic mass is 10.2. The van der Waals surface area contributed by atoms with E-state index >= 15 is 8.78 Å². The van der Waals surface area contributed by atoms with E-state index in [1.165, 1.54) is 31.6 Å². The number of nitrogens with zero attached hydrogens (tertiary/aromatic N) is 5. The molecular weight excluding hydrogens is 444 g/mol. The van der Waals surface area contributed by atoms with Crippen LogP contribution < -0.4 is 15.1 Å². The summed E-state index contributed by atoms with van der Waals surface area (Å²) in [5, 5.41) is 8.64. The molecule has 1 saturated heterocycles. The van der Waals surface area contributed by atoms with E-state index in [4.69, 9.17) is 9.47 Å². The maximum atomic E-state index is 15.2. The number of methoxy groups -OCH3 is 1. The summed E-state index contributed by atoms with van der Waals surface area (Å²) in [5.41, 5.74) is 0.583. The molecule has 0 N–H and O–H groups in total. The van der Waals surface area contributed by atoms with Gasteiger partial charge in [0.2, 0.25) is 0 Å². The van der Waals surface area contributed by atoms with Crippen molar-refractivity contribution < 1.29 is 18.3 Å². The van der Waals surface area contributed by atoms with E-state index in [0.717, 1.165) is 4.68 Å². The van der Waals surface area contributed by atoms with Crippen LogP contribution in [0.5, 0.6) is 5.75 Å². The molecule has 8 nitrogen and oxygen atoms in total. The molecule has 4 aromatic rings. The monoisotopic (exact) mass is 465 g/mol. The first-order valence-corrected chi connectivity index (χ1v) is 10.7. The van der Waals surface area contributed by atoms with Gasteiger partial charge in [-0.05, 0) is 30.3 Å². The van der Waals surface area contributed by atoms with Crippen LogP contribution in [-0.4, -0.2) is 53.0 Å². The van der Waals surface area contributed by atoms with Gasteiger partial charge in [-0.15, -0.1) is 0 Å². The SMILES string of the molecule is COc1cn(-c2ccc(N3CCOCC3)c(F)c2F)nc(-c2ccnn2-c2ccccc2)c1=O. The van der Waals surface area contributed by atoms with Crippen molar-refractivity contribution in [1.29, 1.82) is 0 Å². The summed E-state index contributed by atoms with van der Waals surface area (Å²) in [7, 11) is 1.33. The molecule has 2 aromatic heterocycles. The van der Waals surface area contributed by atoms with Gasteiger partial charge in [0.1, 0.15) is 5.69 Å². The van der Waals surface area contributed by atoms with Crippen molar-refractivity contribution in [2.45, 2.75) is 0 Å². The van der Waals surface area contributed by atoms with E-state index in [2.05, 4.69) is 10.2 Å². The van der Waals surface area contributed by atoms with Crippen molar-refractivity contribution >= 4 is 5.69 Å². The first kappa shape index (κ1) is 21.8. The van der Waals surface area contributed by atoms with Crippen LogP contribution in [0.25, 0.3) is 22.8 Å². The van der Waals surface area contributed by atoms with Gasteiger partial charge >= 0.3 is 0 Å². The van der Waals surface area contributed by atoms with Gasteiger partial charge in [0.05, 0.1) is 49.8 Å². The molecule has 5 rings (SSSR count). The second-order valence-electron chi connectivity index (χ2n) is 7.61. The normalized spacial score (nSPS) is 13.8. The number of hydrogen-bond acceptors (Lipinski definition) is 6. The van der Waals surface area contributed by atoms with E-state index in [-0.39, 0.29) is 22.8 Å². The van der Waals surface area contributed by atoms with Crippen LogP contribution >= 0.6 is 0 Å². The van der Waals surface area contributed by atoms with E-state index < -0.39 is 17.1 Å². The predicted molar refractivity (Wildman–Crippen MR) is 122 cm³/mol. The highest BCUT2D eigenvalue weighted by atomic mass is 19.2. The lowest BCUT2D eigenvalue weighted by molar-refractivity contribution is 0.122. The smallest absolute Gasteiger partial charge is 0.251 e. The molecule has 0 radical (unpaired) electrons. The van der Waals surface area contributed by atoms with Crippen molar-refractivity contribution in [2.75, 3.05) is 38.3 Å². The molecule has 0 amide bonds. The van der Waals surface area contributed by atoms with Crippen LogP contribution in [0.4, 0.5) is 14.5 Å². The topological polar surface area (TPSA) is 74.4 Å². The summed E-state index contributed by atoms with van der Waals surface area (Å²) in [6.45, 7) is 1.82. The Morgan fingerprint density at radius 2 is 1.68 bits per heavy atom. The Balaban J connectivity index is 1.63. The average molecular weight is 465 g/mol. The number of benzene rings is 2. The highest BCUT2D eigenvalue weighted by Crippen LogP contribution is 2.28. The van der Waals surface area contributed by atoms with Gasteiger partial charge in [-0.1, -0.05) is 18.2 Å². The van der Waals surface area contributed by atoms with Gasteiger partial charge in [0, 0.05) is 13.1 Å². The summed E-state index contributed by atoms with van der Waals surface area (Å²) in [4.78, 5) is 14.8. The fourth-order valence-electron chi connectivity index (χ4n) is 3.92. The summed E-state index contributed by atoms with van der Waals surface area (Å²) in [6, 6.07) is 13.7. The average Bonchev–Trinajstić information content (AvgIpc) is 3.37. The van der Waals surface area contributed by atoms with E-state index in [9.17, 15) is 4.79 Å². The fraction of sp³-hybridized carbons (Fsp3) is 0.208. The summed E-state index contributed by atoms with van der Waals surface area (Å²) >= 11 is 0. The Morgan fingerprint density at radius 1 is 0.971 bits per heavy atom. The third-order valence-corrected chi connectivity index (χ3v) is 5.63. The molecule has 1 aliphatic heterocycles. The third kappa shape index (κ3) is 3.81. The van der Waals surface area contributed by atoms with Gasteiger partial charge in [0.25, 0.3) is 5.43 Å². The number of para-hydroxylation sites is 1. The van der Waals surface area contributed by atoms with Gasteiger partial charge in [0.15, 0.2) is 23.1 Å². The number of morpholine rings is 1. The minimum absolute atomic E-state index is 0.0160. The molecule has 3 heterocycles. The van der Waals surface area contributed by atoms with Crippen LogP contribution in [0.15, 0.2) is 65.7 Å². The Bertz CT molecular complexity index is 1380. The lowest BCUT2D eigenvalue weighted by Crippen LogP contribution is -2.37. The van der Waals surface area contributed by atoms with E-state index in [0.29, 0.717) is 37.7 Å². The number of halogens is 2. The molecule has 34 heavy (non-hydrogen) atoms. The Morgan fingerprint density at radius 3 is 2.41 bits per heavy atom. The molecule has 0 unspecified atom stereocenters. The fourth-order valence-corrected chi connectivity index (χ4v) is 3.92. The minimum Gasteiger partial charge on any atom is -0.491 e. The van der Waals surface area contributed by atoms with Crippen molar-refractivity contribution in [2.24, 2.45) is 0 Å². The van der Waals surface area contributed by atoms with E-state index in [1.807, 2.05) is 30.3 Å². The maximum absolute atomic E-state index is 15.2. The number of hydrogen-bond donors (Lipinski definition) is 0. The van der Waals surface area contributed by atoms with Crippen molar-refractivity contribution in [1.82, 2.24) is 19.6 Å². The standard InChI is InChI=1S/C24H21F2N5O3/c1-33-20-15-30(18-8-7-17(21(25)22(18)26)29-11-13-34-14-12-29)28-23(24(20)32)19-9-10-27-31(19)16-5-3-2-4-6-16/h2-10,15H,11-14H2,1H3. The van der Waals surface area contributed by atoms with Gasteiger partial charge in [-0.2, -0.15) is 10.2 Å². The highest BCUT2D eigenvalue weighted by molar-refractivity contribution is 5.60. The van der Waals surface area contributed by atoms with Crippen molar-refractivity contribution in [3.05, 3.63) is 82.8 Å². The van der Waals surface area contributed by atoms with Crippen LogP contribution in [0, 0.1) is 11.6 Å². The Labute approximate surface area is 193 Å². The zero-order valence-electron chi connectivity index (χ0n) is 18.3. The van der Waals surface area contributed by atoms with Crippen LogP contribution in [-0.2, 0) is 4.74 Å². The number of ether oxygens (including phenoxy) is 2.